The predicted octanol–water partition coefficient (Wildman–Crippen LogP) is -2.80. The summed E-state index contributed by atoms with van der Waals surface area (Å²) in [6.07, 6.45) is 0. The smallest absolute Gasteiger partial charge is 0.388 e. The summed E-state index contributed by atoms with van der Waals surface area (Å²) in [5, 5.41) is 0. The van der Waals surface area contributed by atoms with E-state index in [9.17, 15) is 0 Å². The molecule has 0 atom stereocenters. The minimum Gasteiger partial charge on any atom is -0.388 e. The van der Waals surface area contributed by atoms with Crippen molar-refractivity contribution < 1.29 is 130 Å². The molecule has 13 heteroatoms. The van der Waals surface area contributed by atoms with Gasteiger partial charge in [0.2, 0.25) is 0 Å². The van der Waals surface area contributed by atoms with Gasteiger partial charge >= 0.3 is 28.6 Å². The van der Waals surface area contributed by atoms with Crippen molar-refractivity contribution >= 4 is 28.6 Å². The first-order valence-electron chi connectivity index (χ1n) is 1.93. The van der Waals surface area contributed by atoms with Gasteiger partial charge in [0, 0.05) is 98.1 Å². The molecule has 0 aromatic heterocycles. The SMILES string of the molecule is C.C.O[Si](O)O[Si](O)O[Si](O)O.[Y].[Y].[Y]. The largest absolute Gasteiger partial charge is 0.563 e. The summed E-state index contributed by atoms with van der Waals surface area (Å²) in [6.45, 7) is 0. The third-order valence-electron chi connectivity index (χ3n) is 0.357. The van der Waals surface area contributed by atoms with Crippen molar-refractivity contribution in [2.24, 2.45) is 0 Å². The minimum absolute atomic E-state index is 0. The zero-order chi connectivity index (χ0) is 8.15. The molecular weight excluding hydrogens is 487 g/mol. The Bertz CT molecular complexity index is 89.5. The van der Waals surface area contributed by atoms with Gasteiger partial charge in [-0.15, -0.1) is 0 Å². The number of hydrogen-bond acceptors (Lipinski definition) is 7. The van der Waals surface area contributed by atoms with Crippen LogP contribution in [-0.4, -0.2) is 52.6 Å². The first-order valence-corrected chi connectivity index (χ1v) is 5.80. The van der Waals surface area contributed by atoms with E-state index in [0.717, 1.165) is 0 Å². The molecule has 0 saturated heterocycles. The normalized spacial score (nSPS) is 8.00. The summed E-state index contributed by atoms with van der Waals surface area (Å²) in [6, 6.07) is 0. The molecule has 0 spiro atoms. The van der Waals surface area contributed by atoms with E-state index in [1.165, 1.54) is 0 Å². The van der Waals surface area contributed by atoms with Gasteiger partial charge in [0.05, 0.1) is 0 Å². The molecular formula is C2H13O7Si3Y3. The topological polar surface area (TPSA) is 120 Å². The molecule has 0 rings (SSSR count). The van der Waals surface area contributed by atoms with Crippen molar-refractivity contribution in [1.29, 1.82) is 0 Å². The summed E-state index contributed by atoms with van der Waals surface area (Å²) in [7, 11) is -8.93. The molecule has 0 aromatic rings. The van der Waals surface area contributed by atoms with E-state index in [1.807, 2.05) is 0 Å². The second-order valence-corrected chi connectivity index (χ2v) is 4.33. The quantitative estimate of drug-likeness (QED) is 0.265. The average molecular weight is 500 g/mol. The molecule has 0 aliphatic carbocycles. The molecule has 0 saturated carbocycles. The van der Waals surface area contributed by atoms with E-state index in [1.54, 1.807) is 0 Å². The van der Waals surface area contributed by atoms with Crippen molar-refractivity contribution in [2.75, 3.05) is 0 Å². The van der Waals surface area contributed by atoms with Crippen LogP contribution in [0.2, 0.25) is 0 Å². The second kappa shape index (κ2) is 22.8. The summed E-state index contributed by atoms with van der Waals surface area (Å²) < 4.78 is 7.83. The average Bonchev–Trinajstić information content (AvgIpc) is 1.58. The van der Waals surface area contributed by atoms with Gasteiger partial charge in [-0.1, -0.05) is 14.9 Å². The zero-order valence-electron chi connectivity index (χ0n) is 6.28. The standard InChI is InChI=1S/2CH4.H5O7Si3.3Y/c;;1-8(2)6-10(5)7-9(3)4;;;/h2*1H4;1-5H;;;. The van der Waals surface area contributed by atoms with Crippen molar-refractivity contribution in [3.05, 3.63) is 0 Å². The molecule has 15 heavy (non-hydrogen) atoms. The molecule has 0 aromatic carbocycles. The van der Waals surface area contributed by atoms with Crippen molar-refractivity contribution in [3.63, 3.8) is 0 Å². The summed E-state index contributed by atoms with van der Waals surface area (Å²) in [5.74, 6) is 0. The molecule has 0 bridgehead atoms. The molecule has 0 aliphatic heterocycles. The van der Waals surface area contributed by atoms with E-state index in [-0.39, 0.29) is 113 Å². The van der Waals surface area contributed by atoms with Crippen LogP contribution >= 0.6 is 0 Å². The first kappa shape index (κ1) is 36.3. The van der Waals surface area contributed by atoms with Crippen LogP contribution in [0.5, 0.6) is 0 Å². The molecule has 0 fully saturated rings. The van der Waals surface area contributed by atoms with Crippen LogP contribution in [0.15, 0.2) is 0 Å². The number of rotatable bonds is 4. The van der Waals surface area contributed by atoms with Crippen LogP contribution in [0.25, 0.3) is 0 Å². The van der Waals surface area contributed by atoms with Crippen LogP contribution < -0.4 is 0 Å². The van der Waals surface area contributed by atoms with Gasteiger partial charge in [-0.25, -0.2) is 0 Å². The van der Waals surface area contributed by atoms with Crippen molar-refractivity contribution in [2.45, 2.75) is 14.9 Å². The fraction of sp³-hybridized carbons (Fsp3) is 1.00. The Labute approximate surface area is 171 Å². The molecule has 5 N–H and O–H groups in total. The minimum atomic E-state index is -3.01. The van der Waals surface area contributed by atoms with Gasteiger partial charge in [-0.05, 0) is 0 Å². The van der Waals surface area contributed by atoms with Crippen LogP contribution in [0.4, 0.5) is 0 Å². The van der Waals surface area contributed by atoms with E-state index in [2.05, 4.69) is 8.23 Å². The number of hydrogen-bond donors (Lipinski definition) is 5. The third-order valence-corrected chi connectivity index (χ3v) is 3.21. The van der Waals surface area contributed by atoms with Gasteiger partial charge in [-0.3, -0.25) is 0 Å². The summed E-state index contributed by atoms with van der Waals surface area (Å²) in [5.41, 5.74) is 0. The Morgan fingerprint density at radius 2 is 0.800 bits per heavy atom. The zero-order valence-corrected chi connectivity index (χ0v) is 17.8. The Balaban J connectivity index is -0.0000000405. The Kier molecular flexibility index (Phi) is 55.3. The van der Waals surface area contributed by atoms with Crippen molar-refractivity contribution in [3.8, 4) is 0 Å². The molecule has 0 aliphatic rings. The van der Waals surface area contributed by atoms with Gasteiger partial charge in [0.25, 0.3) is 0 Å². The van der Waals surface area contributed by atoms with Crippen LogP contribution in [0.1, 0.15) is 14.9 Å². The van der Waals surface area contributed by atoms with E-state index in [0.29, 0.717) is 0 Å². The van der Waals surface area contributed by atoms with Crippen LogP contribution in [0.3, 0.4) is 0 Å². The van der Waals surface area contributed by atoms with Crippen LogP contribution in [0, 0.1) is 0 Å². The molecule has 6 radical (unpaired) electrons. The van der Waals surface area contributed by atoms with Crippen molar-refractivity contribution in [1.82, 2.24) is 0 Å². The van der Waals surface area contributed by atoms with Gasteiger partial charge < -0.3 is 32.2 Å². The molecule has 7 nitrogen and oxygen atoms in total. The maximum atomic E-state index is 8.46. The third kappa shape index (κ3) is 31.9. The van der Waals surface area contributed by atoms with Gasteiger partial charge in [0.1, 0.15) is 0 Å². The van der Waals surface area contributed by atoms with Gasteiger partial charge in [0.15, 0.2) is 0 Å². The summed E-state index contributed by atoms with van der Waals surface area (Å²) in [4.78, 5) is 40.9. The molecule has 0 unspecified atom stereocenters. The Morgan fingerprint density at radius 3 is 0.933 bits per heavy atom. The van der Waals surface area contributed by atoms with Crippen LogP contribution in [-0.2, 0) is 106 Å². The maximum absolute atomic E-state index is 8.46. The molecule has 84 valence electrons. The first-order chi connectivity index (χ1) is 4.52. The van der Waals surface area contributed by atoms with E-state index < -0.39 is 28.6 Å². The molecule has 0 heterocycles. The predicted molar refractivity (Wildman–Crippen MR) is 44.0 cm³/mol. The fourth-order valence-corrected chi connectivity index (χ4v) is 1.97. The monoisotopic (exact) mass is 500 g/mol. The Hall–Kier alpha value is 3.68. The summed E-state index contributed by atoms with van der Waals surface area (Å²) >= 11 is 0. The second-order valence-electron chi connectivity index (χ2n) is 1.04. The Morgan fingerprint density at radius 1 is 0.600 bits per heavy atom. The van der Waals surface area contributed by atoms with E-state index in [4.69, 9.17) is 24.0 Å². The van der Waals surface area contributed by atoms with Gasteiger partial charge in [-0.2, -0.15) is 0 Å². The maximum Gasteiger partial charge on any atom is 0.563 e. The molecule has 0 amide bonds. The van der Waals surface area contributed by atoms with E-state index >= 15 is 0 Å². The fourth-order valence-electron chi connectivity index (χ4n) is 0.177.